The van der Waals surface area contributed by atoms with Crippen LogP contribution in [0, 0.1) is 18.6 Å². The van der Waals surface area contributed by atoms with Crippen molar-refractivity contribution in [2.45, 2.75) is 55.8 Å². The Hall–Kier alpha value is -4.52. The van der Waals surface area contributed by atoms with E-state index in [0.29, 0.717) is 46.1 Å². The molecule has 2 heterocycles. The molecule has 0 N–H and O–H groups in total. The molecule has 0 spiro atoms. The van der Waals surface area contributed by atoms with E-state index < -0.39 is 100 Å². The fraction of sp³-hybridized carbons (Fsp3) is 0.317. The number of amides is 1. The Morgan fingerprint density at radius 3 is 2.40 bits per heavy atom. The number of alkyl halides is 3. The Labute approximate surface area is 321 Å². The van der Waals surface area contributed by atoms with Crippen molar-refractivity contribution in [1.82, 2.24) is 14.4 Å². The van der Waals surface area contributed by atoms with Crippen LogP contribution in [0.2, 0.25) is 0 Å². The average Bonchev–Trinajstić information content (AvgIpc) is 3.22. The van der Waals surface area contributed by atoms with E-state index in [0.717, 1.165) is 18.2 Å². The fourth-order valence-corrected chi connectivity index (χ4v) is 7.11. The van der Waals surface area contributed by atoms with Crippen molar-refractivity contribution in [2.24, 2.45) is 0 Å². The van der Waals surface area contributed by atoms with Gasteiger partial charge in [-0.05, 0) is 66.7 Å². The number of hydrogen-bond acceptors (Lipinski definition) is 5. The van der Waals surface area contributed by atoms with Crippen LogP contribution in [0.1, 0.15) is 47.4 Å². The highest BCUT2D eigenvalue weighted by Gasteiger charge is 2.31. The van der Waals surface area contributed by atoms with Gasteiger partial charge in [0.15, 0.2) is 17.1 Å². The number of benzene rings is 4. The fourth-order valence-electron chi connectivity index (χ4n) is 6.16. The number of piperidine rings is 1. The maximum absolute atomic E-state index is 15.1. The highest BCUT2D eigenvalue weighted by atomic mass is 32.2. The van der Waals surface area contributed by atoms with E-state index in [1.807, 2.05) is 4.90 Å². The lowest BCUT2D eigenvalue weighted by atomic mass is 10.00. The summed E-state index contributed by atoms with van der Waals surface area (Å²) in [4.78, 5) is 32.1. The summed E-state index contributed by atoms with van der Waals surface area (Å²) in [6.45, 7) is -1.33. The molecule has 1 aliphatic rings. The third kappa shape index (κ3) is 9.17. The van der Waals surface area contributed by atoms with E-state index in [2.05, 4.69) is 0 Å². The molecule has 0 atom stereocenters. The second-order valence-corrected chi connectivity index (χ2v) is 13.5. The van der Waals surface area contributed by atoms with Crippen LogP contribution in [0.3, 0.4) is 0 Å². The molecule has 1 aliphatic heterocycles. The number of aromatic nitrogens is 1. The van der Waals surface area contributed by atoms with Gasteiger partial charge < -0.3 is 19.1 Å². The molecule has 1 amide bonds. The number of ether oxygens (including phenoxy) is 1. The summed E-state index contributed by atoms with van der Waals surface area (Å²) in [6.07, 6.45) is -3.99. The summed E-state index contributed by atoms with van der Waals surface area (Å²) >= 11 is 0.541. The molecule has 5 aromatic rings. The summed E-state index contributed by atoms with van der Waals surface area (Å²) in [5, 5.41) is -1.12. The monoisotopic (exact) mass is 758 g/mol. The van der Waals surface area contributed by atoms with Crippen molar-refractivity contribution in [3.8, 4) is 11.1 Å². The van der Waals surface area contributed by atoms with Crippen molar-refractivity contribution in [2.75, 3.05) is 33.3 Å². The maximum atomic E-state index is 15.1. The number of nitrogens with zero attached hydrogens (tertiary/aromatic N) is 3. The first-order chi connectivity index (χ1) is 29.0. The van der Waals surface area contributed by atoms with Gasteiger partial charge in [-0.15, -0.1) is 11.8 Å². The zero-order chi connectivity index (χ0) is 45.5. The van der Waals surface area contributed by atoms with Gasteiger partial charge in [0, 0.05) is 62.0 Å². The van der Waals surface area contributed by atoms with Gasteiger partial charge in [0.1, 0.15) is 6.50 Å². The molecule has 0 radical (unpaired) electrons. The molecular weight excluding hydrogens is 710 g/mol. The molecule has 0 saturated carbocycles. The van der Waals surface area contributed by atoms with Gasteiger partial charge in [-0.3, -0.25) is 9.59 Å². The molecule has 53 heavy (non-hydrogen) atoms. The average molecular weight is 759 g/mol. The number of carbonyl (C=O) groups is 1. The number of hydrogen-bond donors (Lipinski definition) is 0. The van der Waals surface area contributed by atoms with E-state index in [1.54, 1.807) is 24.3 Å². The highest BCUT2D eigenvalue weighted by molar-refractivity contribution is 7.98. The maximum Gasteiger partial charge on any atom is 0.416 e. The Morgan fingerprint density at radius 1 is 1.02 bits per heavy atom. The van der Waals surface area contributed by atoms with Crippen LogP contribution in [0.25, 0.3) is 22.0 Å². The van der Waals surface area contributed by atoms with Gasteiger partial charge in [0.2, 0.25) is 5.91 Å². The molecule has 6 rings (SSSR count). The molecule has 6 nitrogen and oxygen atoms in total. The topological polar surface area (TPSA) is 54.8 Å². The quantitative estimate of drug-likeness (QED) is 0.0942. The van der Waals surface area contributed by atoms with Crippen LogP contribution in [-0.2, 0) is 34.5 Å². The molecular formula is C41H40F5N3O3S. The number of carbonyl (C=O) groups excluding carboxylic acids is 1. The number of likely N-dealkylation sites (tertiary alicyclic amines) is 1. The largest absolute Gasteiger partial charge is 0.416 e. The number of thioether (sulfide) groups is 1. The van der Waals surface area contributed by atoms with Crippen LogP contribution in [0.15, 0.2) is 101 Å². The molecule has 4 aromatic carbocycles. The third-order valence-corrected chi connectivity index (χ3v) is 10.0. The van der Waals surface area contributed by atoms with Gasteiger partial charge in [-0.25, -0.2) is 8.78 Å². The second kappa shape index (κ2) is 16.7. The zero-order valence-corrected chi connectivity index (χ0v) is 29.3. The Morgan fingerprint density at radius 2 is 1.72 bits per heavy atom. The molecule has 1 fully saturated rings. The van der Waals surface area contributed by atoms with Crippen LogP contribution in [-0.4, -0.2) is 59.6 Å². The van der Waals surface area contributed by atoms with Crippen molar-refractivity contribution in [3.05, 3.63) is 135 Å². The van der Waals surface area contributed by atoms with Gasteiger partial charge in [-0.1, -0.05) is 60.1 Å². The zero-order valence-electron chi connectivity index (χ0n) is 37.4. The molecule has 12 heteroatoms. The normalized spacial score (nSPS) is 17.1. The van der Waals surface area contributed by atoms with E-state index in [4.69, 9.17) is 14.3 Å². The van der Waals surface area contributed by atoms with E-state index >= 15 is 4.79 Å². The lowest BCUT2D eigenvalue weighted by molar-refractivity contribution is -0.137. The molecule has 0 aliphatic carbocycles. The number of fused-ring (bicyclic) bond motifs is 1. The lowest BCUT2D eigenvalue weighted by Gasteiger charge is -2.39. The molecule has 0 unspecified atom stereocenters. The van der Waals surface area contributed by atoms with Crippen molar-refractivity contribution in [1.29, 1.82) is 0 Å². The van der Waals surface area contributed by atoms with Crippen molar-refractivity contribution >= 4 is 28.6 Å². The minimum absolute atomic E-state index is 0.0998. The summed E-state index contributed by atoms with van der Waals surface area (Å²) in [6, 6.07) is 11.1. The van der Waals surface area contributed by atoms with Crippen molar-refractivity contribution < 1.29 is 43.8 Å². The van der Waals surface area contributed by atoms with Gasteiger partial charge in [0.25, 0.3) is 0 Å². The van der Waals surface area contributed by atoms with E-state index in [-0.39, 0.29) is 43.7 Å². The minimum Gasteiger partial charge on any atom is -0.383 e. The first-order valence-corrected chi connectivity index (χ1v) is 17.7. The molecule has 1 aromatic heterocycles. The minimum atomic E-state index is -4.53. The first kappa shape index (κ1) is 28.0. The molecule has 1 saturated heterocycles. The highest BCUT2D eigenvalue weighted by Crippen LogP contribution is 2.32. The molecule has 278 valence electrons. The number of halogens is 5. The lowest BCUT2D eigenvalue weighted by Crippen LogP contribution is -2.48. The summed E-state index contributed by atoms with van der Waals surface area (Å²) in [7, 11) is -2.60. The summed E-state index contributed by atoms with van der Waals surface area (Å²) in [5.41, 5.74) is -1.32. The molecule has 0 bridgehead atoms. The predicted molar refractivity (Wildman–Crippen MR) is 198 cm³/mol. The smallest absolute Gasteiger partial charge is 0.383 e. The van der Waals surface area contributed by atoms with Crippen LogP contribution in [0.4, 0.5) is 22.0 Å². The van der Waals surface area contributed by atoms with Crippen molar-refractivity contribution in [3.63, 3.8) is 0 Å². The number of rotatable bonds is 12. The second-order valence-electron chi connectivity index (χ2n) is 12.6. The van der Waals surface area contributed by atoms with Gasteiger partial charge in [0.05, 0.1) is 35.0 Å². The first-order valence-electron chi connectivity index (χ1n) is 21.2. The Balaban J connectivity index is 1.43. The van der Waals surface area contributed by atoms with Gasteiger partial charge in [-0.2, -0.15) is 13.2 Å². The SMILES string of the molecule is [2H]c1c(C)c([2H])c2c(=O)c([2H])c(SCc3cccc(F)c3F)n(C([2H])([2H])C(=O)N(Cc3ccc(-c4ccc(C(F)(F)F)cc4)cc3)C3CCN(CCOC([2H])([2H])[2H])CC3)c2c1[2H]. The van der Waals surface area contributed by atoms with Gasteiger partial charge >= 0.3 is 6.18 Å². The predicted octanol–water partition coefficient (Wildman–Crippen LogP) is 8.71. The van der Waals surface area contributed by atoms with Crippen LogP contribution < -0.4 is 5.43 Å². The number of methoxy groups -OCH3 is 1. The number of pyridine rings is 1. The van der Waals surface area contributed by atoms with E-state index in [9.17, 15) is 29.5 Å². The standard InChI is InChI=1S/C41H40F5N3O3S/c1-27-6-15-36-34(22-27)37(50)23-39(53-26-31-4-3-5-35(42)40(31)43)49(36)25-38(51)48(33-16-18-47(19-17-33)20-21-52-2)24-28-7-9-29(10-8-28)30-11-13-32(14-12-30)41(44,45)46/h3-15,22-23,33H,16-21,24-26H2,1-2H3/i2D3,6D,15D,22D,23D,25D2. The summed E-state index contributed by atoms with van der Waals surface area (Å²) < 4.78 is 150. The Kier molecular flexibility index (Phi) is 8.80. The summed E-state index contributed by atoms with van der Waals surface area (Å²) in [5.74, 6) is -4.07. The third-order valence-electron chi connectivity index (χ3n) is 9.02. The Bertz CT molecular complexity index is 2530. The van der Waals surface area contributed by atoms with Crippen LogP contribution >= 0.6 is 11.8 Å². The van der Waals surface area contributed by atoms with E-state index in [1.165, 1.54) is 36.1 Å². The van der Waals surface area contributed by atoms with Crippen LogP contribution in [0.5, 0.6) is 0 Å².